The molecule has 1 aromatic rings. The number of hydrogen-bond acceptors (Lipinski definition) is 5. The number of nitrogens with one attached hydrogen (secondary N) is 1. The second-order valence-electron chi connectivity index (χ2n) is 6.20. The molecule has 148 valence electrons. The van der Waals surface area contributed by atoms with Crippen LogP contribution in [0.15, 0.2) is 9.59 Å². The zero-order valence-electron chi connectivity index (χ0n) is 16.2. The van der Waals surface area contributed by atoms with Crippen molar-refractivity contribution in [2.45, 2.75) is 65.8 Å². The Morgan fingerprint density at radius 1 is 1.15 bits per heavy atom. The molecule has 1 heterocycles. The van der Waals surface area contributed by atoms with Gasteiger partial charge in [-0.2, -0.15) is 0 Å². The first kappa shape index (κ1) is 22.0. The van der Waals surface area contributed by atoms with Crippen molar-refractivity contribution < 1.29 is 9.53 Å². The van der Waals surface area contributed by atoms with Gasteiger partial charge in [0.05, 0.1) is 0 Å². The summed E-state index contributed by atoms with van der Waals surface area (Å²) in [5, 5.41) is 0. The molecule has 0 aromatic carbocycles. The molecule has 0 aliphatic carbocycles. The molecular formula is C18H32N4O4. The van der Waals surface area contributed by atoms with Crippen molar-refractivity contribution in [2.75, 3.05) is 30.4 Å². The molecule has 1 amide bonds. The molecule has 0 saturated carbocycles. The Hall–Kier alpha value is -2.09. The number of ether oxygens (including phenoxy) is 1. The Kier molecular flexibility index (Phi) is 9.72. The fraction of sp³-hybridized carbons (Fsp3) is 0.722. The van der Waals surface area contributed by atoms with Crippen LogP contribution in [0.25, 0.3) is 0 Å². The molecule has 0 bridgehead atoms. The second kappa shape index (κ2) is 11.5. The van der Waals surface area contributed by atoms with Crippen LogP contribution in [-0.2, 0) is 16.1 Å². The van der Waals surface area contributed by atoms with Crippen LogP contribution >= 0.6 is 0 Å². The molecule has 8 nitrogen and oxygen atoms in total. The standard InChI is InChI=1S/C18H32N4O4/c1-4-7-11-21(14(23)10-9-13-26-6-3)15-16(19)22(12-8-5-2)18(25)20-17(15)24/h4-13,19H2,1-3H3,(H,20,24,25). The lowest BCUT2D eigenvalue weighted by atomic mass is 10.2. The SMILES string of the molecule is CCCCN(C(=O)CCCOCC)c1c(N)n(CCCC)c(=O)[nH]c1=O. The molecule has 8 heteroatoms. The quantitative estimate of drug-likeness (QED) is 0.547. The number of aromatic amines is 1. The summed E-state index contributed by atoms with van der Waals surface area (Å²) in [6.07, 6.45) is 4.09. The Balaban J connectivity index is 3.17. The Morgan fingerprint density at radius 3 is 2.46 bits per heavy atom. The third kappa shape index (κ3) is 6.01. The first-order chi connectivity index (χ1) is 12.5. The van der Waals surface area contributed by atoms with Crippen molar-refractivity contribution in [1.82, 2.24) is 9.55 Å². The van der Waals surface area contributed by atoms with Crippen LogP contribution in [0.2, 0.25) is 0 Å². The number of carbonyl (C=O) groups excluding carboxylic acids is 1. The fourth-order valence-electron chi connectivity index (χ4n) is 2.66. The van der Waals surface area contributed by atoms with E-state index in [4.69, 9.17) is 10.5 Å². The van der Waals surface area contributed by atoms with E-state index in [1.165, 1.54) is 9.47 Å². The van der Waals surface area contributed by atoms with Gasteiger partial charge in [0.15, 0.2) is 5.69 Å². The van der Waals surface area contributed by atoms with E-state index in [-0.39, 0.29) is 23.8 Å². The molecule has 0 saturated heterocycles. The van der Waals surface area contributed by atoms with Gasteiger partial charge in [-0.05, 0) is 26.2 Å². The average Bonchev–Trinajstić information content (AvgIpc) is 2.61. The molecule has 0 fully saturated rings. The van der Waals surface area contributed by atoms with E-state index in [9.17, 15) is 14.4 Å². The van der Waals surface area contributed by atoms with Gasteiger partial charge in [0.25, 0.3) is 5.56 Å². The molecule has 0 atom stereocenters. The zero-order valence-corrected chi connectivity index (χ0v) is 16.2. The predicted molar refractivity (Wildman–Crippen MR) is 104 cm³/mol. The molecule has 1 rings (SSSR count). The number of rotatable bonds is 12. The minimum Gasteiger partial charge on any atom is -0.383 e. The summed E-state index contributed by atoms with van der Waals surface area (Å²) in [7, 11) is 0. The Labute approximate surface area is 154 Å². The fourth-order valence-corrected chi connectivity index (χ4v) is 2.66. The molecule has 0 aliphatic rings. The number of H-pyrrole nitrogens is 1. The number of nitrogen functional groups attached to an aromatic ring is 1. The number of anilines is 2. The van der Waals surface area contributed by atoms with E-state index in [1.54, 1.807) is 0 Å². The van der Waals surface area contributed by atoms with Crippen LogP contribution in [0.4, 0.5) is 11.5 Å². The molecule has 0 radical (unpaired) electrons. The van der Waals surface area contributed by atoms with E-state index >= 15 is 0 Å². The summed E-state index contributed by atoms with van der Waals surface area (Å²) in [5.41, 5.74) is 5.06. The van der Waals surface area contributed by atoms with Gasteiger partial charge < -0.3 is 15.4 Å². The van der Waals surface area contributed by atoms with E-state index in [0.29, 0.717) is 32.7 Å². The van der Waals surface area contributed by atoms with Crippen molar-refractivity contribution in [3.63, 3.8) is 0 Å². The number of aromatic nitrogens is 2. The molecule has 1 aromatic heterocycles. The second-order valence-corrected chi connectivity index (χ2v) is 6.20. The highest BCUT2D eigenvalue weighted by atomic mass is 16.5. The number of amides is 1. The van der Waals surface area contributed by atoms with Crippen molar-refractivity contribution in [3.8, 4) is 0 Å². The summed E-state index contributed by atoms with van der Waals surface area (Å²) < 4.78 is 6.61. The van der Waals surface area contributed by atoms with Crippen LogP contribution in [0.5, 0.6) is 0 Å². The first-order valence-corrected chi connectivity index (χ1v) is 9.48. The number of carbonyl (C=O) groups is 1. The molecule has 0 aliphatic heterocycles. The van der Waals surface area contributed by atoms with Crippen molar-refractivity contribution in [3.05, 3.63) is 20.8 Å². The van der Waals surface area contributed by atoms with Crippen molar-refractivity contribution in [1.29, 1.82) is 0 Å². The summed E-state index contributed by atoms with van der Waals surface area (Å²) >= 11 is 0. The van der Waals surface area contributed by atoms with Crippen LogP contribution < -0.4 is 21.9 Å². The van der Waals surface area contributed by atoms with Crippen molar-refractivity contribution >= 4 is 17.4 Å². The lowest BCUT2D eigenvalue weighted by Gasteiger charge is -2.24. The van der Waals surface area contributed by atoms with Crippen LogP contribution in [0.1, 0.15) is 59.3 Å². The Bertz CT molecular complexity index is 681. The van der Waals surface area contributed by atoms with E-state index < -0.39 is 11.2 Å². The number of nitrogens with two attached hydrogens (primary N) is 1. The van der Waals surface area contributed by atoms with Gasteiger partial charge in [-0.3, -0.25) is 19.1 Å². The van der Waals surface area contributed by atoms with E-state index in [1.807, 2.05) is 20.8 Å². The third-order valence-corrected chi connectivity index (χ3v) is 4.14. The Morgan fingerprint density at radius 2 is 1.85 bits per heavy atom. The minimum absolute atomic E-state index is 0.0569. The van der Waals surface area contributed by atoms with E-state index in [2.05, 4.69) is 4.98 Å². The highest BCUT2D eigenvalue weighted by Crippen LogP contribution is 2.19. The third-order valence-electron chi connectivity index (χ3n) is 4.14. The number of hydrogen-bond donors (Lipinski definition) is 2. The maximum absolute atomic E-state index is 12.7. The normalized spacial score (nSPS) is 10.9. The summed E-state index contributed by atoms with van der Waals surface area (Å²) in [6.45, 7) is 7.80. The topological polar surface area (TPSA) is 110 Å². The molecule has 3 N–H and O–H groups in total. The van der Waals surface area contributed by atoms with Crippen LogP contribution in [0.3, 0.4) is 0 Å². The summed E-state index contributed by atoms with van der Waals surface area (Å²) in [4.78, 5) is 40.9. The van der Waals surface area contributed by atoms with Gasteiger partial charge in [-0.1, -0.05) is 26.7 Å². The average molecular weight is 368 g/mol. The van der Waals surface area contributed by atoms with Crippen molar-refractivity contribution in [2.24, 2.45) is 0 Å². The predicted octanol–water partition coefficient (Wildman–Crippen LogP) is 1.87. The highest BCUT2D eigenvalue weighted by molar-refractivity contribution is 5.95. The molecule has 0 unspecified atom stereocenters. The van der Waals surface area contributed by atoms with Gasteiger partial charge in [-0.25, -0.2) is 4.79 Å². The lowest BCUT2D eigenvalue weighted by Crippen LogP contribution is -2.41. The minimum atomic E-state index is -0.616. The molecule has 26 heavy (non-hydrogen) atoms. The summed E-state index contributed by atoms with van der Waals surface area (Å²) in [5.74, 6) is -0.127. The van der Waals surface area contributed by atoms with Gasteiger partial charge >= 0.3 is 5.69 Å². The van der Waals surface area contributed by atoms with Crippen LogP contribution in [-0.4, -0.2) is 35.2 Å². The van der Waals surface area contributed by atoms with Gasteiger partial charge in [-0.15, -0.1) is 0 Å². The maximum Gasteiger partial charge on any atom is 0.330 e. The van der Waals surface area contributed by atoms with Crippen LogP contribution in [0, 0.1) is 0 Å². The molecule has 0 spiro atoms. The van der Waals surface area contributed by atoms with E-state index in [0.717, 1.165) is 25.7 Å². The monoisotopic (exact) mass is 368 g/mol. The smallest absolute Gasteiger partial charge is 0.330 e. The number of unbranched alkanes of at least 4 members (excludes halogenated alkanes) is 2. The lowest BCUT2D eigenvalue weighted by molar-refractivity contribution is -0.119. The first-order valence-electron chi connectivity index (χ1n) is 9.48. The van der Waals surface area contributed by atoms with Gasteiger partial charge in [0.2, 0.25) is 5.91 Å². The van der Waals surface area contributed by atoms with Gasteiger partial charge in [0.1, 0.15) is 5.82 Å². The highest BCUT2D eigenvalue weighted by Gasteiger charge is 2.23. The maximum atomic E-state index is 12.7. The summed E-state index contributed by atoms with van der Waals surface area (Å²) in [6, 6.07) is 0. The van der Waals surface area contributed by atoms with Gasteiger partial charge in [0, 0.05) is 32.7 Å². The molecular weight excluding hydrogens is 336 g/mol. The largest absolute Gasteiger partial charge is 0.383 e. The zero-order chi connectivity index (χ0) is 19.5. The number of nitrogens with zero attached hydrogens (tertiary/aromatic N) is 2.